The molecule has 0 aromatic heterocycles. The van der Waals surface area contributed by atoms with Gasteiger partial charge in [0, 0.05) is 25.3 Å². The first-order valence-corrected chi connectivity index (χ1v) is 5.79. The molecule has 96 valence electrons. The number of benzene rings is 1. The summed E-state index contributed by atoms with van der Waals surface area (Å²) in [5, 5.41) is 2.80. The molecule has 6 nitrogen and oxygen atoms in total. The molecular weight excluding hydrogens is 236 g/mol. The lowest BCUT2D eigenvalue weighted by Crippen LogP contribution is -2.40. The molecule has 18 heavy (non-hydrogen) atoms. The van der Waals surface area contributed by atoms with Crippen LogP contribution in [0.3, 0.4) is 0 Å². The van der Waals surface area contributed by atoms with Gasteiger partial charge in [0.05, 0.1) is 5.69 Å². The molecule has 0 saturated carbocycles. The Labute approximate surface area is 104 Å². The number of amides is 2. The van der Waals surface area contributed by atoms with Crippen molar-refractivity contribution in [1.82, 2.24) is 4.90 Å². The predicted octanol–water partition coefficient (Wildman–Crippen LogP) is 1.93. The van der Waals surface area contributed by atoms with Crippen LogP contribution in [0.25, 0.3) is 0 Å². The van der Waals surface area contributed by atoms with Crippen molar-refractivity contribution in [2.24, 2.45) is 0 Å². The normalized spacial score (nSPS) is 20.7. The van der Waals surface area contributed by atoms with Crippen LogP contribution in [-0.2, 0) is 4.74 Å². The molecule has 0 aliphatic carbocycles. The van der Waals surface area contributed by atoms with Crippen LogP contribution in [0, 0.1) is 0 Å². The summed E-state index contributed by atoms with van der Waals surface area (Å²) >= 11 is 0. The molecule has 3 rings (SSSR count). The molecule has 0 spiro atoms. The number of hydrogen-bond donors (Lipinski definition) is 1. The quantitative estimate of drug-likeness (QED) is 0.871. The molecule has 1 N–H and O–H groups in total. The third-order valence-corrected chi connectivity index (χ3v) is 3.05. The SMILES string of the molecule is CCOC1c2cc3c(cc2NC(=O)N1C)OCO3. The fraction of sp³-hybridized carbons (Fsp3) is 0.417. The third kappa shape index (κ3) is 1.57. The summed E-state index contributed by atoms with van der Waals surface area (Å²) in [5.41, 5.74) is 1.59. The Hall–Kier alpha value is -1.95. The smallest absolute Gasteiger partial charge is 0.323 e. The number of carbonyl (C=O) groups is 1. The Kier molecular flexibility index (Phi) is 2.52. The van der Waals surface area contributed by atoms with Crippen molar-refractivity contribution in [1.29, 1.82) is 0 Å². The van der Waals surface area contributed by atoms with Crippen LogP contribution < -0.4 is 14.8 Å². The molecule has 2 aliphatic heterocycles. The summed E-state index contributed by atoms with van der Waals surface area (Å²) in [5.74, 6) is 1.33. The maximum Gasteiger partial charge on any atom is 0.323 e. The summed E-state index contributed by atoms with van der Waals surface area (Å²) in [6.45, 7) is 2.63. The number of nitrogens with one attached hydrogen (secondary N) is 1. The first-order valence-electron chi connectivity index (χ1n) is 5.79. The lowest BCUT2D eigenvalue weighted by molar-refractivity contribution is -0.0231. The topological polar surface area (TPSA) is 60.0 Å². The Balaban J connectivity index is 2.07. The zero-order valence-corrected chi connectivity index (χ0v) is 10.2. The molecule has 2 aliphatic rings. The number of carbonyl (C=O) groups excluding carboxylic acids is 1. The molecule has 6 heteroatoms. The molecule has 2 amide bonds. The van der Waals surface area contributed by atoms with E-state index < -0.39 is 6.23 Å². The fourth-order valence-corrected chi connectivity index (χ4v) is 2.15. The summed E-state index contributed by atoms with van der Waals surface area (Å²) < 4.78 is 16.3. The van der Waals surface area contributed by atoms with Gasteiger partial charge in [0.2, 0.25) is 6.79 Å². The largest absolute Gasteiger partial charge is 0.454 e. The van der Waals surface area contributed by atoms with Gasteiger partial charge in [-0.3, -0.25) is 4.90 Å². The van der Waals surface area contributed by atoms with Gasteiger partial charge in [-0.15, -0.1) is 0 Å². The lowest BCUT2D eigenvalue weighted by Gasteiger charge is -2.34. The van der Waals surface area contributed by atoms with E-state index in [0.29, 0.717) is 23.8 Å². The second kappa shape index (κ2) is 4.06. The minimum absolute atomic E-state index is 0.195. The Morgan fingerprint density at radius 3 is 2.89 bits per heavy atom. The molecule has 1 aromatic carbocycles. The Bertz CT molecular complexity index is 503. The van der Waals surface area contributed by atoms with Gasteiger partial charge in [0.25, 0.3) is 0 Å². The molecule has 1 unspecified atom stereocenters. The van der Waals surface area contributed by atoms with Gasteiger partial charge in [-0.25, -0.2) is 4.79 Å². The van der Waals surface area contributed by atoms with Crippen LogP contribution in [0.4, 0.5) is 10.5 Å². The summed E-state index contributed by atoms with van der Waals surface area (Å²) in [6, 6.07) is 3.43. The predicted molar refractivity (Wildman–Crippen MR) is 63.7 cm³/mol. The van der Waals surface area contributed by atoms with E-state index in [4.69, 9.17) is 14.2 Å². The first-order chi connectivity index (χ1) is 8.70. The summed E-state index contributed by atoms with van der Waals surface area (Å²) in [6.07, 6.45) is -0.395. The van der Waals surface area contributed by atoms with Crippen molar-refractivity contribution in [3.63, 3.8) is 0 Å². The van der Waals surface area contributed by atoms with Crippen molar-refractivity contribution < 1.29 is 19.0 Å². The second-order valence-electron chi connectivity index (χ2n) is 4.14. The highest BCUT2D eigenvalue weighted by Crippen LogP contribution is 2.42. The summed E-state index contributed by atoms with van der Waals surface area (Å²) in [7, 11) is 1.70. The van der Waals surface area contributed by atoms with Gasteiger partial charge >= 0.3 is 6.03 Å². The van der Waals surface area contributed by atoms with E-state index in [1.165, 1.54) is 4.90 Å². The molecule has 0 bridgehead atoms. The zero-order chi connectivity index (χ0) is 12.7. The van der Waals surface area contributed by atoms with Crippen molar-refractivity contribution in [2.75, 3.05) is 25.8 Å². The van der Waals surface area contributed by atoms with Crippen molar-refractivity contribution in [3.8, 4) is 11.5 Å². The summed E-state index contributed by atoms with van der Waals surface area (Å²) in [4.78, 5) is 13.3. The standard InChI is InChI=1S/C12H14N2O4/c1-3-16-11-7-4-9-10(18-6-17-9)5-8(7)13-12(15)14(11)2/h4-5,11H,3,6H2,1-2H3,(H,13,15). The number of anilines is 1. The Morgan fingerprint density at radius 2 is 2.17 bits per heavy atom. The van der Waals surface area contributed by atoms with Crippen molar-refractivity contribution in [2.45, 2.75) is 13.2 Å². The lowest BCUT2D eigenvalue weighted by atomic mass is 10.1. The van der Waals surface area contributed by atoms with Crippen molar-refractivity contribution in [3.05, 3.63) is 17.7 Å². The van der Waals surface area contributed by atoms with Gasteiger partial charge in [-0.1, -0.05) is 0 Å². The average Bonchev–Trinajstić information content (AvgIpc) is 2.80. The van der Waals surface area contributed by atoms with Crippen LogP contribution in [0.5, 0.6) is 11.5 Å². The van der Waals surface area contributed by atoms with Crippen molar-refractivity contribution >= 4 is 11.7 Å². The van der Waals surface area contributed by atoms with Gasteiger partial charge in [0.15, 0.2) is 17.7 Å². The monoisotopic (exact) mass is 250 g/mol. The third-order valence-electron chi connectivity index (χ3n) is 3.05. The number of nitrogens with zero attached hydrogens (tertiary/aromatic N) is 1. The zero-order valence-electron chi connectivity index (χ0n) is 10.2. The van der Waals surface area contributed by atoms with Crippen LogP contribution in [0.1, 0.15) is 18.7 Å². The van der Waals surface area contributed by atoms with E-state index in [2.05, 4.69) is 5.32 Å². The van der Waals surface area contributed by atoms with E-state index in [1.807, 2.05) is 13.0 Å². The van der Waals surface area contributed by atoms with E-state index >= 15 is 0 Å². The van der Waals surface area contributed by atoms with Crippen LogP contribution in [0.2, 0.25) is 0 Å². The highest BCUT2D eigenvalue weighted by Gasteiger charge is 2.32. The molecule has 0 radical (unpaired) electrons. The molecular formula is C12H14N2O4. The van der Waals surface area contributed by atoms with Gasteiger partial charge in [0.1, 0.15) is 0 Å². The number of ether oxygens (including phenoxy) is 3. The average molecular weight is 250 g/mol. The maximum atomic E-state index is 11.8. The minimum Gasteiger partial charge on any atom is -0.454 e. The number of fused-ring (bicyclic) bond motifs is 2. The van der Waals surface area contributed by atoms with E-state index in [-0.39, 0.29) is 12.8 Å². The minimum atomic E-state index is -0.395. The van der Waals surface area contributed by atoms with Gasteiger partial charge < -0.3 is 19.5 Å². The molecule has 1 atom stereocenters. The molecule has 0 saturated heterocycles. The highest BCUT2D eigenvalue weighted by molar-refractivity contribution is 5.93. The van der Waals surface area contributed by atoms with Gasteiger partial charge in [-0.2, -0.15) is 0 Å². The Morgan fingerprint density at radius 1 is 1.44 bits per heavy atom. The fourth-order valence-electron chi connectivity index (χ4n) is 2.15. The second-order valence-corrected chi connectivity index (χ2v) is 4.14. The van der Waals surface area contributed by atoms with E-state index in [9.17, 15) is 4.79 Å². The van der Waals surface area contributed by atoms with E-state index in [0.717, 1.165) is 5.56 Å². The highest BCUT2D eigenvalue weighted by atomic mass is 16.7. The molecule has 0 fully saturated rings. The first kappa shape index (κ1) is 11.2. The molecule has 2 heterocycles. The number of hydrogen-bond acceptors (Lipinski definition) is 4. The molecule has 1 aromatic rings. The van der Waals surface area contributed by atoms with Crippen LogP contribution in [0.15, 0.2) is 12.1 Å². The van der Waals surface area contributed by atoms with Gasteiger partial charge in [-0.05, 0) is 13.0 Å². The van der Waals surface area contributed by atoms with E-state index in [1.54, 1.807) is 13.1 Å². The van der Waals surface area contributed by atoms with Crippen LogP contribution in [-0.4, -0.2) is 31.4 Å². The number of urea groups is 1. The maximum absolute atomic E-state index is 11.8. The van der Waals surface area contributed by atoms with Crippen LogP contribution >= 0.6 is 0 Å². The number of rotatable bonds is 2.